The quantitative estimate of drug-likeness (QED) is 0.644. The molecule has 112 valence electrons. The molecule has 0 atom stereocenters. The molecule has 0 radical (unpaired) electrons. The first-order valence-corrected chi connectivity index (χ1v) is 7.96. The van der Waals surface area contributed by atoms with E-state index in [1.807, 2.05) is 0 Å². The summed E-state index contributed by atoms with van der Waals surface area (Å²) < 4.78 is 59.8. The predicted molar refractivity (Wildman–Crippen MR) is 70.0 cm³/mol. The summed E-state index contributed by atoms with van der Waals surface area (Å²) in [6.07, 6.45) is -2.72. The number of fused-ring (bicyclic) bond motifs is 1. The van der Waals surface area contributed by atoms with Crippen molar-refractivity contribution in [2.75, 3.05) is 16.4 Å². The SMILES string of the molecule is O=S(=O)(CCCCCl)Nc1ccc2c(c1)OC(F)(F)O2. The van der Waals surface area contributed by atoms with Crippen molar-refractivity contribution in [3.8, 4) is 11.5 Å². The zero-order valence-electron chi connectivity index (χ0n) is 10.2. The second-order valence-corrected chi connectivity index (χ2v) is 6.37. The van der Waals surface area contributed by atoms with Crippen molar-refractivity contribution in [2.45, 2.75) is 19.1 Å². The molecule has 0 amide bonds. The summed E-state index contributed by atoms with van der Waals surface area (Å²) in [6, 6.07) is 3.69. The van der Waals surface area contributed by atoms with E-state index in [2.05, 4.69) is 14.2 Å². The third-order valence-electron chi connectivity index (χ3n) is 2.47. The van der Waals surface area contributed by atoms with E-state index >= 15 is 0 Å². The summed E-state index contributed by atoms with van der Waals surface area (Å²) in [6.45, 7) is 0. The van der Waals surface area contributed by atoms with Gasteiger partial charge in [0.15, 0.2) is 11.5 Å². The van der Waals surface area contributed by atoms with E-state index in [4.69, 9.17) is 11.6 Å². The van der Waals surface area contributed by atoms with Crippen molar-refractivity contribution < 1.29 is 26.7 Å². The van der Waals surface area contributed by atoms with Gasteiger partial charge in [-0.1, -0.05) is 0 Å². The number of rotatable bonds is 6. The van der Waals surface area contributed by atoms with E-state index in [-0.39, 0.29) is 22.9 Å². The maximum absolute atomic E-state index is 12.8. The number of hydrogen-bond donors (Lipinski definition) is 1. The van der Waals surface area contributed by atoms with Crippen LogP contribution in [0.5, 0.6) is 11.5 Å². The lowest BCUT2D eigenvalue weighted by atomic mass is 10.3. The van der Waals surface area contributed by atoms with Gasteiger partial charge >= 0.3 is 6.29 Å². The molecular formula is C11H12ClF2NO4S. The number of unbranched alkanes of at least 4 members (excludes halogenated alkanes) is 1. The second-order valence-electron chi connectivity index (χ2n) is 4.15. The van der Waals surface area contributed by atoms with E-state index in [0.29, 0.717) is 18.7 Å². The van der Waals surface area contributed by atoms with Gasteiger partial charge in [-0.25, -0.2) is 8.42 Å². The summed E-state index contributed by atoms with van der Waals surface area (Å²) in [5.74, 6) is -0.0603. The molecule has 1 N–H and O–H groups in total. The molecule has 0 fully saturated rings. The average molecular weight is 328 g/mol. The minimum atomic E-state index is -3.72. The Kier molecular flexibility index (Phi) is 4.24. The predicted octanol–water partition coefficient (Wildman–Crippen LogP) is 2.77. The van der Waals surface area contributed by atoms with Gasteiger partial charge in [0, 0.05) is 11.9 Å². The Labute approximate surface area is 119 Å². The van der Waals surface area contributed by atoms with E-state index in [0.717, 1.165) is 6.07 Å². The topological polar surface area (TPSA) is 64.6 Å². The van der Waals surface area contributed by atoms with E-state index in [1.165, 1.54) is 12.1 Å². The van der Waals surface area contributed by atoms with E-state index in [9.17, 15) is 17.2 Å². The lowest BCUT2D eigenvalue weighted by Crippen LogP contribution is -2.25. The van der Waals surface area contributed by atoms with Crippen LogP contribution in [0.3, 0.4) is 0 Å². The van der Waals surface area contributed by atoms with Crippen molar-refractivity contribution in [1.82, 2.24) is 0 Å². The van der Waals surface area contributed by atoms with Gasteiger partial charge < -0.3 is 9.47 Å². The number of hydrogen-bond acceptors (Lipinski definition) is 4. The number of anilines is 1. The van der Waals surface area contributed by atoms with Gasteiger partial charge in [-0.2, -0.15) is 0 Å². The van der Waals surface area contributed by atoms with Crippen molar-refractivity contribution in [1.29, 1.82) is 0 Å². The van der Waals surface area contributed by atoms with Crippen molar-refractivity contribution >= 4 is 27.3 Å². The zero-order valence-corrected chi connectivity index (χ0v) is 11.8. The summed E-state index contributed by atoms with van der Waals surface area (Å²) >= 11 is 5.46. The normalized spacial score (nSPS) is 16.1. The van der Waals surface area contributed by atoms with Crippen LogP contribution in [0.4, 0.5) is 14.5 Å². The summed E-state index contributed by atoms with van der Waals surface area (Å²) in [4.78, 5) is 0. The molecule has 0 unspecified atom stereocenters. The Hall–Kier alpha value is -1.28. The van der Waals surface area contributed by atoms with Gasteiger partial charge in [0.25, 0.3) is 0 Å². The van der Waals surface area contributed by atoms with E-state index in [1.54, 1.807) is 0 Å². The molecule has 2 rings (SSSR count). The molecule has 1 aliphatic heterocycles. The monoisotopic (exact) mass is 327 g/mol. The number of nitrogens with one attached hydrogen (secondary N) is 1. The van der Waals surface area contributed by atoms with Gasteiger partial charge in [0.2, 0.25) is 10.0 Å². The number of sulfonamides is 1. The van der Waals surface area contributed by atoms with Crippen LogP contribution in [-0.2, 0) is 10.0 Å². The minimum Gasteiger partial charge on any atom is -0.395 e. The summed E-state index contributed by atoms with van der Waals surface area (Å²) in [5, 5.41) is 0. The van der Waals surface area contributed by atoms with Crippen LogP contribution in [0.15, 0.2) is 18.2 Å². The number of benzene rings is 1. The fourth-order valence-corrected chi connectivity index (χ4v) is 2.99. The Morgan fingerprint density at radius 2 is 1.90 bits per heavy atom. The van der Waals surface area contributed by atoms with E-state index < -0.39 is 16.3 Å². The molecule has 0 bridgehead atoms. The van der Waals surface area contributed by atoms with Crippen LogP contribution in [0.2, 0.25) is 0 Å². The molecule has 0 aliphatic carbocycles. The fourth-order valence-electron chi connectivity index (χ4n) is 1.63. The summed E-state index contributed by atoms with van der Waals surface area (Å²) in [5.41, 5.74) is 0.135. The Bertz CT molecular complexity index is 594. The fraction of sp³-hybridized carbons (Fsp3) is 0.455. The largest absolute Gasteiger partial charge is 0.586 e. The van der Waals surface area contributed by atoms with Gasteiger partial charge in [0.05, 0.1) is 11.4 Å². The molecule has 0 saturated heterocycles. The van der Waals surface area contributed by atoms with Crippen molar-refractivity contribution in [2.24, 2.45) is 0 Å². The van der Waals surface area contributed by atoms with Crippen LogP contribution >= 0.6 is 11.6 Å². The molecule has 1 aromatic rings. The Morgan fingerprint density at radius 1 is 1.20 bits per heavy atom. The minimum absolute atomic E-state index is 0.0929. The first-order valence-electron chi connectivity index (χ1n) is 5.78. The third-order valence-corrected chi connectivity index (χ3v) is 4.11. The highest BCUT2D eigenvalue weighted by Crippen LogP contribution is 2.42. The highest BCUT2D eigenvalue weighted by molar-refractivity contribution is 7.92. The molecule has 0 aromatic heterocycles. The standard InChI is InChI=1S/C11H12ClF2NO4S/c12-5-1-2-6-20(16,17)15-8-3-4-9-10(7-8)19-11(13,14)18-9/h3-4,7,15H,1-2,5-6H2. The first-order chi connectivity index (χ1) is 9.31. The second kappa shape index (κ2) is 5.61. The maximum Gasteiger partial charge on any atom is 0.586 e. The van der Waals surface area contributed by atoms with Crippen molar-refractivity contribution in [3.05, 3.63) is 18.2 Å². The van der Waals surface area contributed by atoms with Crippen LogP contribution in [0.1, 0.15) is 12.8 Å². The molecule has 1 aliphatic rings. The molecular weight excluding hydrogens is 316 g/mol. The first kappa shape index (κ1) is 15.1. The van der Waals surface area contributed by atoms with Crippen LogP contribution in [0, 0.1) is 0 Å². The lowest BCUT2D eigenvalue weighted by molar-refractivity contribution is -0.286. The Balaban J connectivity index is 2.05. The highest BCUT2D eigenvalue weighted by Gasteiger charge is 2.43. The maximum atomic E-state index is 12.8. The highest BCUT2D eigenvalue weighted by atomic mass is 35.5. The number of alkyl halides is 3. The number of ether oxygens (including phenoxy) is 2. The Morgan fingerprint density at radius 3 is 2.60 bits per heavy atom. The lowest BCUT2D eigenvalue weighted by Gasteiger charge is -2.08. The van der Waals surface area contributed by atoms with Gasteiger partial charge in [0.1, 0.15) is 0 Å². The molecule has 0 saturated carbocycles. The molecule has 5 nitrogen and oxygen atoms in total. The van der Waals surface area contributed by atoms with Crippen LogP contribution in [-0.4, -0.2) is 26.3 Å². The summed E-state index contributed by atoms with van der Waals surface area (Å²) in [7, 11) is -3.55. The van der Waals surface area contributed by atoms with Crippen molar-refractivity contribution in [3.63, 3.8) is 0 Å². The zero-order chi connectivity index (χ0) is 14.8. The molecule has 0 spiro atoms. The molecule has 1 aromatic carbocycles. The smallest absolute Gasteiger partial charge is 0.395 e. The van der Waals surface area contributed by atoms with Gasteiger partial charge in [-0.15, -0.1) is 20.4 Å². The number of halogens is 3. The van der Waals surface area contributed by atoms with Crippen LogP contribution in [0.25, 0.3) is 0 Å². The molecule has 9 heteroatoms. The third kappa shape index (κ3) is 3.86. The van der Waals surface area contributed by atoms with Gasteiger partial charge in [-0.05, 0) is 25.0 Å². The van der Waals surface area contributed by atoms with Crippen LogP contribution < -0.4 is 14.2 Å². The molecule has 1 heterocycles. The molecule has 20 heavy (non-hydrogen) atoms. The van der Waals surface area contributed by atoms with Gasteiger partial charge in [-0.3, -0.25) is 4.72 Å². The average Bonchev–Trinajstić information content (AvgIpc) is 2.62.